The van der Waals surface area contributed by atoms with Gasteiger partial charge in [0.05, 0.1) is 6.04 Å². The van der Waals surface area contributed by atoms with Crippen LogP contribution < -0.4 is 5.32 Å². The molecule has 2 atom stereocenters. The normalized spacial score (nSPS) is 19.0. The second kappa shape index (κ2) is 7.09. The number of nitrogens with one attached hydrogen (secondary N) is 1. The van der Waals surface area contributed by atoms with E-state index in [4.69, 9.17) is 9.84 Å². The summed E-state index contributed by atoms with van der Waals surface area (Å²) in [6.07, 6.45) is 1.43. The van der Waals surface area contributed by atoms with Crippen molar-refractivity contribution in [1.29, 1.82) is 0 Å². The van der Waals surface area contributed by atoms with Crippen LogP contribution in [0.1, 0.15) is 36.9 Å². The standard InChI is InChI=1S/C16H19NO3/c1-12(17-16(19)15-8-4-10-20-15)14-7-2-5-13(11-14)6-3-9-18/h2,5,7,11-12,15,18H,4,8-10H2,1H3,(H,17,19). The molecule has 1 saturated heterocycles. The first-order valence-electron chi connectivity index (χ1n) is 6.82. The number of aliphatic hydroxyl groups is 1. The highest BCUT2D eigenvalue weighted by molar-refractivity contribution is 5.81. The van der Waals surface area contributed by atoms with E-state index in [0.717, 1.165) is 24.0 Å². The molecule has 1 fully saturated rings. The number of carbonyl (C=O) groups is 1. The second-order valence-electron chi connectivity index (χ2n) is 4.82. The van der Waals surface area contributed by atoms with E-state index in [1.807, 2.05) is 31.2 Å². The Bertz CT molecular complexity index is 524. The van der Waals surface area contributed by atoms with Crippen LogP contribution in [0.3, 0.4) is 0 Å². The van der Waals surface area contributed by atoms with Gasteiger partial charge in [0, 0.05) is 12.2 Å². The Labute approximate surface area is 119 Å². The average Bonchev–Trinajstić information content (AvgIpc) is 2.99. The highest BCUT2D eigenvalue weighted by Gasteiger charge is 2.24. The number of aliphatic hydroxyl groups excluding tert-OH is 1. The fourth-order valence-corrected chi connectivity index (χ4v) is 2.20. The lowest BCUT2D eigenvalue weighted by molar-refractivity contribution is -0.130. The fourth-order valence-electron chi connectivity index (χ4n) is 2.20. The van der Waals surface area contributed by atoms with Crippen molar-refractivity contribution >= 4 is 5.91 Å². The van der Waals surface area contributed by atoms with Crippen molar-refractivity contribution in [3.8, 4) is 11.8 Å². The van der Waals surface area contributed by atoms with Gasteiger partial charge in [0.2, 0.25) is 5.91 Å². The van der Waals surface area contributed by atoms with Crippen molar-refractivity contribution in [2.45, 2.75) is 31.9 Å². The van der Waals surface area contributed by atoms with Crippen molar-refractivity contribution in [2.75, 3.05) is 13.2 Å². The maximum Gasteiger partial charge on any atom is 0.249 e. The van der Waals surface area contributed by atoms with Gasteiger partial charge in [-0.05, 0) is 37.5 Å². The van der Waals surface area contributed by atoms with Gasteiger partial charge >= 0.3 is 0 Å². The van der Waals surface area contributed by atoms with Crippen LogP contribution >= 0.6 is 0 Å². The third-order valence-corrected chi connectivity index (χ3v) is 3.28. The molecule has 1 aliphatic rings. The molecule has 0 radical (unpaired) electrons. The molecule has 2 rings (SSSR count). The fraction of sp³-hybridized carbons (Fsp3) is 0.438. The first-order chi connectivity index (χ1) is 9.70. The molecule has 106 valence electrons. The molecule has 4 nitrogen and oxygen atoms in total. The van der Waals surface area contributed by atoms with Crippen LogP contribution in [0.5, 0.6) is 0 Å². The minimum Gasteiger partial charge on any atom is -0.384 e. The number of hydrogen-bond donors (Lipinski definition) is 2. The maximum absolute atomic E-state index is 12.0. The predicted molar refractivity (Wildman–Crippen MR) is 75.9 cm³/mol. The van der Waals surface area contributed by atoms with E-state index in [1.54, 1.807) is 0 Å². The minimum atomic E-state index is -0.310. The molecule has 2 N–H and O–H groups in total. The van der Waals surface area contributed by atoms with Crippen molar-refractivity contribution in [3.05, 3.63) is 35.4 Å². The molecule has 0 bridgehead atoms. The minimum absolute atomic E-state index is 0.0538. The van der Waals surface area contributed by atoms with Crippen LogP contribution in [0, 0.1) is 11.8 Å². The molecule has 0 saturated carbocycles. The summed E-state index contributed by atoms with van der Waals surface area (Å²) in [6.45, 7) is 2.44. The van der Waals surface area contributed by atoms with Crippen LogP contribution in [0.2, 0.25) is 0 Å². The van der Waals surface area contributed by atoms with Crippen LogP contribution in [-0.2, 0) is 9.53 Å². The molecular formula is C16H19NO3. The number of ether oxygens (including phenoxy) is 1. The van der Waals surface area contributed by atoms with Gasteiger partial charge in [-0.25, -0.2) is 0 Å². The zero-order valence-corrected chi connectivity index (χ0v) is 11.6. The Kier molecular flexibility index (Phi) is 5.16. The lowest BCUT2D eigenvalue weighted by Crippen LogP contribution is -2.35. The van der Waals surface area contributed by atoms with Crippen LogP contribution in [0.25, 0.3) is 0 Å². The lowest BCUT2D eigenvalue weighted by atomic mass is 10.0. The summed E-state index contributed by atoms with van der Waals surface area (Å²) in [6, 6.07) is 7.54. The van der Waals surface area contributed by atoms with E-state index < -0.39 is 0 Å². The van der Waals surface area contributed by atoms with Gasteiger partial charge in [-0.2, -0.15) is 0 Å². The lowest BCUT2D eigenvalue weighted by Gasteiger charge is -2.17. The molecule has 1 heterocycles. The Morgan fingerprint density at radius 2 is 2.45 bits per heavy atom. The summed E-state index contributed by atoms with van der Waals surface area (Å²) in [5, 5.41) is 11.7. The van der Waals surface area contributed by atoms with E-state index in [2.05, 4.69) is 17.2 Å². The van der Waals surface area contributed by atoms with Crippen LogP contribution in [0.15, 0.2) is 24.3 Å². The Morgan fingerprint density at radius 3 is 3.15 bits per heavy atom. The number of rotatable bonds is 3. The van der Waals surface area contributed by atoms with Crippen molar-refractivity contribution < 1.29 is 14.6 Å². The van der Waals surface area contributed by atoms with Gasteiger partial charge < -0.3 is 15.2 Å². The van der Waals surface area contributed by atoms with E-state index in [1.165, 1.54) is 0 Å². The third-order valence-electron chi connectivity index (χ3n) is 3.28. The van der Waals surface area contributed by atoms with E-state index in [0.29, 0.717) is 6.61 Å². The zero-order valence-electron chi connectivity index (χ0n) is 11.6. The highest BCUT2D eigenvalue weighted by Crippen LogP contribution is 2.17. The number of benzene rings is 1. The quantitative estimate of drug-likeness (QED) is 0.818. The van der Waals surface area contributed by atoms with E-state index in [-0.39, 0.29) is 24.7 Å². The van der Waals surface area contributed by atoms with E-state index in [9.17, 15) is 4.79 Å². The monoisotopic (exact) mass is 273 g/mol. The first kappa shape index (κ1) is 14.6. The van der Waals surface area contributed by atoms with Gasteiger partial charge in [-0.1, -0.05) is 24.0 Å². The van der Waals surface area contributed by atoms with Crippen molar-refractivity contribution in [3.63, 3.8) is 0 Å². The molecule has 1 aromatic carbocycles. The number of carbonyl (C=O) groups excluding carboxylic acids is 1. The SMILES string of the molecule is CC(NC(=O)C1CCCO1)c1cccc(C#CCO)c1. The average molecular weight is 273 g/mol. The van der Waals surface area contributed by atoms with E-state index >= 15 is 0 Å². The smallest absolute Gasteiger partial charge is 0.249 e. The predicted octanol–water partition coefficient (Wildman–Crippen LogP) is 1.39. The van der Waals surface area contributed by atoms with Crippen LogP contribution in [0.4, 0.5) is 0 Å². The molecular weight excluding hydrogens is 254 g/mol. The van der Waals surface area contributed by atoms with Gasteiger partial charge in [0.25, 0.3) is 0 Å². The molecule has 1 aliphatic heterocycles. The van der Waals surface area contributed by atoms with Crippen molar-refractivity contribution in [1.82, 2.24) is 5.32 Å². The molecule has 2 unspecified atom stereocenters. The van der Waals surface area contributed by atoms with Crippen molar-refractivity contribution in [2.24, 2.45) is 0 Å². The van der Waals surface area contributed by atoms with Gasteiger partial charge in [0.1, 0.15) is 12.7 Å². The molecule has 1 aromatic rings. The number of amides is 1. The molecule has 0 aromatic heterocycles. The Morgan fingerprint density at radius 1 is 1.60 bits per heavy atom. The zero-order chi connectivity index (χ0) is 14.4. The molecule has 20 heavy (non-hydrogen) atoms. The molecule has 4 heteroatoms. The molecule has 0 spiro atoms. The summed E-state index contributed by atoms with van der Waals surface area (Å²) < 4.78 is 5.37. The van der Waals surface area contributed by atoms with Gasteiger partial charge in [-0.3, -0.25) is 4.79 Å². The molecule has 0 aliphatic carbocycles. The second-order valence-corrected chi connectivity index (χ2v) is 4.82. The summed E-state index contributed by atoms with van der Waals surface area (Å²) >= 11 is 0. The largest absolute Gasteiger partial charge is 0.384 e. The molecule has 1 amide bonds. The topological polar surface area (TPSA) is 58.6 Å². The number of hydrogen-bond acceptors (Lipinski definition) is 3. The highest BCUT2D eigenvalue weighted by atomic mass is 16.5. The van der Waals surface area contributed by atoms with Gasteiger partial charge in [0.15, 0.2) is 0 Å². The Balaban J connectivity index is 2.01. The summed E-state index contributed by atoms with van der Waals surface area (Å²) in [5.41, 5.74) is 1.82. The first-order valence-corrected chi connectivity index (χ1v) is 6.82. The third kappa shape index (κ3) is 3.83. The summed E-state index contributed by atoms with van der Waals surface area (Å²) in [7, 11) is 0. The summed E-state index contributed by atoms with van der Waals surface area (Å²) in [4.78, 5) is 12.0. The van der Waals surface area contributed by atoms with Crippen LogP contribution in [-0.4, -0.2) is 30.3 Å². The Hall–Kier alpha value is -1.83. The van der Waals surface area contributed by atoms with Gasteiger partial charge in [-0.15, -0.1) is 0 Å². The maximum atomic E-state index is 12.0. The summed E-state index contributed by atoms with van der Waals surface area (Å²) in [5.74, 6) is 5.42.